The van der Waals surface area contributed by atoms with Crippen LogP contribution in [0.5, 0.6) is 11.5 Å². The van der Waals surface area contributed by atoms with Gasteiger partial charge in [0.05, 0.1) is 0 Å². The van der Waals surface area contributed by atoms with Crippen molar-refractivity contribution in [3.63, 3.8) is 0 Å². The van der Waals surface area contributed by atoms with Crippen molar-refractivity contribution in [1.29, 1.82) is 0 Å². The number of carbonyl (C=O) groups excluding carboxylic acids is 2. The summed E-state index contributed by atoms with van der Waals surface area (Å²) in [6, 6.07) is 13.0. The fourth-order valence-corrected chi connectivity index (χ4v) is 3.82. The fourth-order valence-electron chi connectivity index (χ4n) is 3.37. The van der Waals surface area contributed by atoms with E-state index in [-0.39, 0.29) is 24.6 Å². The lowest BCUT2D eigenvalue weighted by Gasteiger charge is -2.30. The number of amides is 2. The molecule has 0 unspecified atom stereocenters. The van der Waals surface area contributed by atoms with E-state index in [1.165, 1.54) is 0 Å². The molecule has 3 rings (SSSR count). The number of carbonyl (C=O) groups is 2. The summed E-state index contributed by atoms with van der Waals surface area (Å²) in [6.07, 6.45) is 1.70. The van der Waals surface area contributed by atoms with Gasteiger partial charge in [0.25, 0.3) is 0 Å². The first-order valence-corrected chi connectivity index (χ1v) is 11.4. The van der Waals surface area contributed by atoms with E-state index in [1.54, 1.807) is 11.8 Å². The van der Waals surface area contributed by atoms with Crippen molar-refractivity contribution in [2.45, 2.75) is 58.7 Å². The summed E-state index contributed by atoms with van der Waals surface area (Å²) in [7, 11) is 0. The number of ether oxygens (including phenoxy) is 2. The Balaban J connectivity index is 1.72. The maximum atomic E-state index is 13.2. The van der Waals surface area contributed by atoms with E-state index in [2.05, 4.69) is 21.2 Å². The molecule has 0 aromatic heterocycles. The normalized spacial score (nSPS) is 14.1. The van der Waals surface area contributed by atoms with E-state index in [0.717, 1.165) is 27.8 Å². The molecule has 166 valence electrons. The van der Waals surface area contributed by atoms with Crippen molar-refractivity contribution in [2.75, 3.05) is 6.79 Å². The Bertz CT molecular complexity index is 934. The molecule has 0 fully saturated rings. The van der Waals surface area contributed by atoms with Gasteiger partial charge < -0.3 is 19.7 Å². The van der Waals surface area contributed by atoms with Crippen molar-refractivity contribution in [1.82, 2.24) is 10.2 Å². The van der Waals surface area contributed by atoms with Gasteiger partial charge in [-0.05, 0) is 62.1 Å². The average molecular weight is 489 g/mol. The van der Waals surface area contributed by atoms with E-state index in [9.17, 15) is 9.59 Å². The first kappa shape index (κ1) is 23.1. The quantitative estimate of drug-likeness (QED) is 0.566. The molecule has 0 bridgehead atoms. The number of hydrogen-bond donors (Lipinski definition) is 1. The minimum Gasteiger partial charge on any atom is -0.454 e. The van der Waals surface area contributed by atoms with Crippen LogP contribution in [0.3, 0.4) is 0 Å². The molecule has 2 atom stereocenters. The number of rotatable bonds is 9. The molecular weight excluding hydrogens is 460 g/mol. The largest absolute Gasteiger partial charge is 0.454 e. The molecule has 1 aliphatic rings. The summed E-state index contributed by atoms with van der Waals surface area (Å²) in [5.74, 6) is 1.23. The van der Waals surface area contributed by atoms with Crippen LogP contribution in [0, 0.1) is 0 Å². The summed E-state index contributed by atoms with van der Waals surface area (Å²) in [6.45, 7) is 6.36. The summed E-state index contributed by atoms with van der Waals surface area (Å²) >= 11 is 3.48. The molecule has 0 aliphatic carbocycles. The second-order valence-corrected chi connectivity index (χ2v) is 8.75. The molecule has 2 aromatic carbocycles. The van der Waals surface area contributed by atoms with Crippen LogP contribution in [-0.4, -0.2) is 35.6 Å². The minimum atomic E-state index is -0.572. The molecule has 2 aromatic rings. The zero-order valence-corrected chi connectivity index (χ0v) is 19.8. The number of aryl methyl sites for hydroxylation is 1. The summed E-state index contributed by atoms with van der Waals surface area (Å²) < 4.78 is 11.7. The van der Waals surface area contributed by atoms with Gasteiger partial charge in [0.1, 0.15) is 6.04 Å². The van der Waals surface area contributed by atoms with E-state index >= 15 is 0 Å². The monoisotopic (exact) mass is 488 g/mol. The van der Waals surface area contributed by atoms with Gasteiger partial charge in [0.2, 0.25) is 18.6 Å². The molecule has 7 heteroatoms. The molecule has 1 heterocycles. The SMILES string of the molecule is CC[C@@H](C)NC(=O)[C@H](C)N(Cc1cccc(Br)c1)C(=O)CCc1ccc2c(c1)OCO2. The number of benzene rings is 2. The Morgan fingerprint density at radius 2 is 1.87 bits per heavy atom. The van der Waals surface area contributed by atoms with Gasteiger partial charge in [-0.3, -0.25) is 9.59 Å². The third-order valence-electron chi connectivity index (χ3n) is 5.47. The Morgan fingerprint density at radius 3 is 2.61 bits per heavy atom. The number of halogens is 1. The molecule has 0 spiro atoms. The first-order valence-electron chi connectivity index (χ1n) is 10.6. The van der Waals surface area contributed by atoms with Crippen molar-refractivity contribution in [3.05, 3.63) is 58.1 Å². The van der Waals surface area contributed by atoms with Gasteiger partial charge in [-0.15, -0.1) is 0 Å². The van der Waals surface area contributed by atoms with Crippen LogP contribution in [0.4, 0.5) is 0 Å². The van der Waals surface area contributed by atoms with Crippen LogP contribution >= 0.6 is 15.9 Å². The Hall–Kier alpha value is -2.54. The Kier molecular flexibility index (Phi) is 7.96. The van der Waals surface area contributed by atoms with Gasteiger partial charge in [-0.2, -0.15) is 0 Å². The van der Waals surface area contributed by atoms with E-state index < -0.39 is 6.04 Å². The number of hydrogen-bond acceptors (Lipinski definition) is 4. The van der Waals surface area contributed by atoms with E-state index in [1.807, 2.05) is 56.3 Å². The predicted molar refractivity (Wildman–Crippen MR) is 123 cm³/mol. The van der Waals surface area contributed by atoms with Crippen molar-refractivity contribution in [3.8, 4) is 11.5 Å². The second kappa shape index (κ2) is 10.7. The average Bonchev–Trinajstić information content (AvgIpc) is 3.23. The highest BCUT2D eigenvalue weighted by atomic mass is 79.9. The van der Waals surface area contributed by atoms with Gasteiger partial charge in [-0.1, -0.05) is 41.1 Å². The summed E-state index contributed by atoms with van der Waals surface area (Å²) in [5, 5.41) is 2.99. The lowest BCUT2D eigenvalue weighted by atomic mass is 10.1. The van der Waals surface area contributed by atoms with Crippen LogP contribution in [-0.2, 0) is 22.6 Å². The number of nitrogens with one attached hydrogen (secondary N) is 1. The molecule has 1 N–H and O–H groups in total. The van der Waals surface area contributed by atoms with Crippen molar-refractivity contribution in [2.24, 2.45) is 0 Å². The van der Waals surface area contributed by atoms with E-state index in [0.29, 0.717) is 25.1 Å². The van der Waals surface area contributed by atoms with Crippen molar-refractivity contribution >= 4 is 27.7 Å². The van der Waals surface area contributed by atoms with E-state index in [4.69, 9.17) is 9.47 Å². The lowest BCUT2D eigenvalue weighted by Crippen LogP contribution is -2.49. The summed E-state index contributed by atoms with van der Waals surface area (Å²) in [4.78, 5) is 27.7. The highest BCUT2D eigenvalue weighted by molar-refractivity contribution is 9.10. The van der Waals surface area contributed by atoms with Gasteiger partial charge in [0.15, 0.2) is 11.5 Å². The summed E-state index contributed by atoms with van der Waals surface area (Å²) in [5.41, 5.74) is 1.96. The molecule has 2 amide bonds. The zero-order chi connectivity index (χ0) is 22.4. The lowest BCUT2D eigenvalue weighted by molar-refractivity contribution is -0.140. The number of fused-ring (bicyclic) bond motifs is 1. The molecule has 0 radical (unpaired) electrons. The highest BCUT2D eigenvalue weighted by Gasteiger charge is 2.26. The smallest absolute Gasteiger partial charge is 0.242 e. The van der Waals surface area contributed by atoms with Crippen LogP contribution in [0.1, 0.15) is 44.7 Å². The van der Waals surface area contributed by atoms with Gasteiger partial charge >= 0.3 is 0 Å². The topological polar surface area (TPSA) is 67.9 Å². The molecular formula is C24H29BrN2O4. The standard InChI is InChI=1S/C24H29BrN2O4/c1-4-16(2)26-24(29)17(3)27(14-19-6-5-7-20(25)12-19)23(28)11-9-18-8-10-21-22(13-18)31-15-30-21/h5-8,10,12-13,16-17H,4,9,11,14-15H2,1-3H3,(H,26,29)/t16-,17+/m1/s1. The maximum Gasteiger partial charge on any atom is 0.242 e. The van der Waals surface area contributed by atoms with Crippen LogP contribution in [0.15, 0.2) is 46.9 Å². The molecule has 6 nitrogen and oxygen atoms in total. The van der Waals surface area contributed by atoms with Crippen molar-refractivity contribution < 1.29 is 19.1 Å². The van der Waals surface area contributed by atoms with Crippen LogP contribution in [0.25, 0.3) is 0 Å². The first-order chi connectivity index (χ1) is 14.9. The second-order valence-electron chi connectivity index (χ2n) is 7.83. The highest BCUT2D eigenvalue weighted by Crippen LogP contribution is 2.32. The van der Waals surface area contributed by atoms with Crippen LogP contribution in [0.2, 0.25) is 0 Å². The maximum absolute atomic E-state index is 13.2. The fraction of sp³-hybridized carbons (Fsp3) is 0.417. The molecule has 1 aliphatic heterocycles. The third-order valence-corrected chi connectivity index (χ3v) is 5.97. The number of nitrogens with zero attached hydrogens (tertiary/aromatic N) is 1. The Morgan fingerprint density at radius 1 is 1.10 bits per heavy atom. The van der Waals surface area contributed by atoms with Crippen LogP contribution < -0.4 is 14.8 Å². The molecule has 0 saturated heterocycles. The predicted octanol–water partition coefficient (Wildman–Crippen LogP) is 4.44. The minimum absolute atomic E-state index is 0.0615. The molecule has 31 heavy (non-hydrogen) atoms. The third kappa shape index (κ3) is 6.23. The Labute approximate surface area is 192 Å². The van der Waals surface area contributed by atoms with Gasteiger partial charge in [-0.25, -0.2) is 0 Å². The zero-order valence-electron chi connectivity index (χ0n) is 18.2. The molecule has 0 saturated carbocycles. The van der Waals surface area contributed by atoms with Gasteiger partial charge in [0, 0.05) is 23.5 Å².